The molecular formula is C13H7F4NO2. The number of hydrogen-bond donors (Lipinski definition) is 0. The fourth-order valence-corrected chi connectivity index (χ4v) is 1.59. The number of alkyl halides is 3. The van der Waals surface area contributed by atoms with E-state index < -0.39 is 18.1 Å². The second-order valence-electron chi connectivity index (χ2n) is 3.77. The third-order valence-electron chi connectivity index (χ3n) is 2.37. The second-order valence-corrected chi connectivity index (χ2v) is 3.77. The molecule has 0 spiro atoms. The van der Waals surface area contributed by atoms with Crippen molar-refractivity contribution < 1.29 is 27.1 Å². The van der Waals surface area contributed by atoms with Gasteiger partial charge in [-0.25, -0.2) is 4.98 Å². The summed E-state index contributed by atoms with van der Waals surface area (Å²) in [6.45, 7) is 0. The van der Waals surface area contributed by atoms with E-state index in [1.165, 1.54) is 24.3 Å². The number of halogens is 4. The Kier molecular flexibility index (Phi) is 3.69. The van der Waals surface area contributed by atoms with Gasteiger partial charge < -0.3 is 4.74 Å². The quantitative estimate of drug-likeness (QED) is 0.491. The molecule has 0 aliphatic carbocycles. The zero-order valence-corrected chi connectivity index (χ0v) is 9.82. The minimum Gasteiger partial charge on any atom is -0.406 e. The number of carbonyl (C=O) groups excluding carboxylic acids is 1. The molecule has 0 aliphatic heterocycles. The molecule has 2 rings (SSSR count). The van der Waals surface area contributed by atoms with E-state index in [-0.39, 0.29) is 16.8 Å². The summed E-state index contributed by atoms with van der Waals surface area (Å²) in [6, 6.07) is 7.37. The highest BCUT2D eigenvalue weighted by Gasteiger charge is 2.31. The van der Waals surface area contributed by atoms with E-state index in [9.17, 15) is 22.4 Å². The van der Waals surface area contributed by atoms with Crippen LogP contribution in [0.1, 0.15) is 10.5 Å². The molecule has 0 radical (unpaired) electrons. The van der Waals surface area contributed by atoms with Crippen LogP contribution in [0, 0.1) is 5.95 Å². The molecule has 7 heteroatoms. The summed E-state index contributed by atoms with van der Waals surface area (Å²) in [4.78, 5) is 13.8. The van der Waals surface area contributed by atoms with Gasteiger partial charge in [0.1, 0.15) is 11.4 Å². The molecule has 0 aliphatic rings. The van der Waals surface area contributed by atoms with Crippen LogP contribution in [0.3, 0.4) is 0 Å². The van der Waals surface area contributed by atoms with E-state index in [0.29, 0.717) is 6.29 Å². The van der Waals surface area contributed by atoms with Crippen molar-refractivity contribution in [1.29, 1.82) is 0 Å². The van der Waals surface area contributed by atoms with Crippen molar-refractivity contribution in [2.24, 2.45) is 0 Å². The molecule has 104 valence electrons. The standard InChI is InChI=1S/C13H7F4NO2/c14-12-11(5-4-9(7-19)18-12)8-2-1-3-10(6-8)20-13(15,16)17/h1-7H. The van der Waals surface area contributed by atoms with Crippen LogP contribution in [0.25, 0.3) is 11.1 Å². The maximum atomic E-state index is 13.7. The second kappa shape index (κ2) is 5.28. The van der Waals surface area contributed by atoms with Crippen LogP contribution in [0.5, 0.6) is 5.75 Å². The van der Waals surface area contributed by atoms with Gasteiger partial charge in [-0.2, -0.15) is 4.39 Å². The molecule has 0 bridgehead atoms. The van der Waals surface area contributed by atoms with Gasteiger partial charge in [0.2, 0.25) is 5.95 Å². The van der Waals surface area contributed by atoms with E-state index in [2.05, 4.69) is 9.72 Å². The molecule has 0 saturated carbocycles. The monoisotopic (exact) mass is 285 g/mol. The van der Waals surface area contributed by atoms with Gasteiger partial charge in [0.25, 0.3) is 0 Å². The zero-order chi connectivity index (χ0) is 14.8. The van der Waals surface area contributed by atoms with Crippen LogP contribution in [0.15, 0.2) is 36.4 Å². The van der Waals surface area contributed by atoms with Crippen LogP contribution >= 0.6 is 0 Å². The van der Waals surface area contributed by atoms with Crippen LogP contribution in [-0.2, 0) is 0 Å². The summed E-state index contributed by atoms with van der Waals surface area (Å²) in [5.41, 5.74) is 0.0337. The lowest BCUT2D eigenvalue weighted by atomic mass is 10.1. The van der Waals surface area contributed by atoms with Crippen molar-refractivity contribution in [3.05, 3.63) is 48.0 Å². The highest BCUT2D eigenvalue weighted by Crippen LogP contribution is 2.28. The van der Waals surface area contributed by atoms with Gasteiger partial charge in [0, 0.05) is 5.56 Å². The molecule has 0 fully saturated rings. The molecule has 2 aromatic rings. The maximum Gasteiger partial charge on any atom is 0.573 e. The van der Waals surface area contributed by atoms with Crippen molar-refractivity contribution in [2.45, 2.75) is 6.36 Å². The first-order valence-corrected chi connectivity index (χ1v) is 5.37. The Balaban J connectivity index is 2.38. The molecule has 0 amide bonds. The van der Waals surface area contributed by atoms with Crippen molar-refractivity contribution in [2.75, 3.05) is 0 Å². The lowest BCUT2D eigenvalue weighted by Gasteiger charge is -2.10. The SMILES string of the molecule is O=Cc1ccc(-c2cccc(OC(F)(F)F)c2)c(F)n1. The van der Waals surface area contributed by atoms with Gasteiger partial charge in [-0.3, -0.25) is 4.79 Å². The number of hydrogen-bond acceptors (Lipinski definition) is 3. The van der Waals surface area contributed by atoms with Crippen LogP contribution in [0.4, 0.5) is 17.6 Å². The molecule has 3 nitrogen and oxygen atoms in total. The minimum absolute atomic E-state index is 0.0248. The molecule has 1 aromatic carbocycles. The number of pyridine rings is 1. The summed E-state index contributed by atoms with van der Waals surface area (Å²) in [5, 5.41) is 0. The normalized spacial score (nSPS) is 11.2. The van der Waals surface area contributed by atoms with Gasteiger partial charge >= 0.3 is 6.36 Å². The average Bonchev–Trinajstić information content (AvgIpc) is 2.36. The highest BCUT2D eigenvalue weighted by atomic mass is 19.4. The fourth-order valence-electron chi connectivity index (χ4n) is 1.59. The van der Waals surface area contributed by atoms with E-state index >= 15 is 0 Å². The van der Waals surface area contributed by atoms with E-state index in [1.807, 2.05) is 0 Å². The predicted octanol–water partition coefficient (Wildman–Crippen LogP) is 3.60. The Hall–Kier alpha value is -2.44. The number of rotatable bonds is 3. The molecule has 0 N–H and O–H groups in total. The number of carbonyl (C=O) groups is 1. The summed E-state index contributed by atoms with van der Waals surface area (Å²) in [6.07, 6.45) is -4.45. The first-order valence-electron chi connectivity index (χ1n) is 5.37. The Morgan fingerprint density at radius 2 is 1.90 bits per heavy atom. The lowest BCUT2D eigenvalue weighted by Crippen LogP contribution is -2.17. The molecule has 1 aromatic heterocycles. The predicted molar refractivity (Wildman–Crippen MR) is 61.7 cm³/mol. The third kappa shape index (κ3) is 3.31. The van der Waals surface area contributed by atoms with E-state index in [0.717, 1.165) is 12.1 Å². The molecule has 0 atom stereocenters. The first kappa shape index (κ1) is 14.0. The van der Waals surface area contributed by atoms with Gasteiger partial charge in [0.05, 0.1) is 0 Å². The molecule has 20 heavy (non-hydrogen) atoms. The van der Waals surface area contributed by atoms with Crippen molar-refractivity contribution in [3.63, 3.8) is 0 Å². The van der Waals surface area contributed by atoms with E-state index in [4.69, 9.17) is 0 Å². The maximum absolute atomic E-state index is 13.7. The summed E-state index contributed by atoms with van der Waals surface area (Å²) in [5.74, 6) is -1.41. The van der Waals surface area contributed by atoms with Gasteiger partial charge in [-0.15, -0.1) is 13.2 Å². The Morgan fingerprint density at radius 3 is 2.50 bits per heavy atom. The molecule has 1 heterocycles. The smallest absolute Gasteiger partial charge is 0.406 e. The summed E-state index contributed by atoms with van der Waals surface area (Å²) < 4.78 is 53.7. The van der Waals surface area contributed by atoms with E-state index in [1.54, 1.807) is 0 Å². The summed E-state index contributed by atoms with van der Waals surface area (Å²) in [7, 11) is 0. The largest absolute Gasteiger partial charge is 0.573 e. The molecule has 0 unspecified atom stereocenters. The lowest BCUT2D eigenvalue weighted by molar-refractivity contribution is -0.274. The number of ether oxygens (including phenoxy) is 1. The van der Waals surface area contributed by atoms with Crippen molar-refractivity contribution in [3.8, 4) is 16.9 Å². The fraction of sp³-hybridized carbons (Fsp3) is 0.0769. The third-order valence-corrected chi connectivity index (χ3v) is 2.37. The topological polar surface area (TPSA) is 39.2 Å². The first-order chi connectivity index (χ1) is 9.39. The van der Waals surface area contributed by atoms with Crippen LogP contribution in [-0.4, -0.2) is 17.6 Å². The Morgan fingerprint density at radius 1 is 1.15 bits per heavy atom. The van der Waals surface area contributed by atoms with Gasteiger partial charge in [0.15, 0.2) is 6.29 Å². The van der Waals surface area contributed by atoms with Gasteiger partial charge in [-0.05, 0) is 29.8 Å². The molecule has 0 saturated heterocycles. The number of benzene rings is 1. The highest BCUT2D eigenvalue weighted by molar-refractivity contribution is 5.74. The number of aromatic nitrogens is 1. The Labute approximate surface area is 110 Å². The van der Waals surface area contributed by atoms with Crippen molar-refractivity contribution in [1.82, 2.24) is 4.98 Å². The summed E-state index contributed by atoms with van der Waals surface area (Å²) >= 11 is 0. The number of aldehydes is 1. The zero-order valence-electron chi connectivity index (χ0n) is 9.82. The van der Waals surface area contributed by atoms with Gasteiger partial charge in [-0.1, -0.05) is 12.1 Å². The number of nitrogens with zero attached hydrogens (tertiary/aromatic N) is 1. The van der Waals surface area contributed by atoms with Crippen LogP contribution in [0.2, 0.25) is 0 Å². The molecular weight excluding hydrogens is 278 g/mol. The van der Waals surface area contributed by atoms with Crippen molar-refractivity contribution >= 4 is 6.29 Å². The Bertz CT molecular complexity index is 641. The average molecular weight is 285 g/mol. The minimum atomic E-state index is -4.82. The van der Waals surface area contributed by atoms with Crippen LogP contribution < -0.4 is 4.74 Å².